The maximum atomic E-state index is 13.1. The van der Waals surface area contributed by atoms with Crippen molar-refractivity contribution >= 4 is 30.4 Å². The second-order valence-electron chi connectivity index (χ2n) is 10.6. The highest BCUT2D eigenvalue weighted by Gasteiger charge is 2.19. The van der Waals surface area contributed by atoms with E-state index in [1.165, 1.54) is 12.1 Å². The van der Waals surface area contributed by atoms with Gasteiger partial charge in [-0.25, -0.2) is 16.8 Å². The number of sulfone groups is 2. The Balaban J connectivity index is 1.21. The number of rotatable bonds is 9. The number of fused-ring (bicyclic) bond motifs is 1. The maximum Gasteiger partial charge on any atom is 0.206 e. The van der Waals surface area contributed by atoms with Crippen LogP contribution in [0.5, 0.6) is 23.0 Å². The summed E-state index contributed by atoms with van der Waals surface area (Å²) in [5.74, 6) is 2.11. The van der Waals surface area contributed by atoms with Crippen molar-refractivity contribution < 1.29 is 26.3 Å². The molecule has 0 atom stereocenters. The molecular formula is C37H30O6S2. The van der Waals surface area contributed by atoms with E-state index in [9.17, 15) is 16.8 Å². The first-order valence-corrected chi connectivity index (χ1v) is 17.4. The summed E-state index contributed by atoms with van der Waals surface area (Å²) in [5.41, 5.74) is 2.06. The Bertz CT molecular complexity index is 2190. The van der Waals surface area contributed by atoms with Crippen LogP contribution in [0.3, 0.4) is 0 Å². The van der Waals surface area contributed by atoms with Gasteiger partial charge in [0.05, 0.1) is 19.6 Å². The first kappa shape index (κ1) is 30.1. The highest BCUT2D eigenvalue weighted by molar-refractivity contribution is 7.91. The van der Waals surface area contributed by atoms with Gasteiger partial charge in [-0.2, -0.15) is 0 Å². The summed E-state index contributed by atoms with van der Waals surface area (Å²) in [7, 11) is -7.30. The number of hydrogen-bond acceptors (Lipinski definition) is 6. The van der Waals surface area contributed by atoms with Gasteiger partial charge in [-0.3, -0.25) is 0 Å². The number of hydrogen-bond donors (Lipinski definition) is 0. The third kappa shape index (κ3) is 6.20. The third-order valence-electron chi connectivity index (χ3n) is 7.54. The van der Waals surface area contributed by atoms with Crippen LogP contribution in [0.4, 0.5) is 0 Å². The minimum atomic E-state index is -3.66. The molecule has 0 amide bonds. The first-order chi connectivity index (χ1) is 21.6. The van der Waals surface area contributed by atoms with Crippen molar-refractivity contribution in [3.05, 3.63) is 145 Å². The molecule has 0 saturated heterocycles. The van der Waals surface area contributed by atoms with Crippen molar-refractivity contribution in [2.24, 2.45) is 0 Å². The SMILES string of the molecule is CCc1ccc(S(=O)(=O)c2ccc(Oc3cccc4c(Oc5ccc(S(=O)(=O)c6ccc(C)cc6)cc5)cccc34)cc2)cc1. The van der Waals surface area contributed by atoms with Gasteiger partial charge in [0.2, 0.25) is 19.7 Å². The molecule has 0 bridgehead atoms. The van der Waals surface area contributed by atoms with Crippen molar-refractivity contribution in [1.29, 1.82) is 0 Å². The molecule has 226 valence electrons. The Morgan fingerprint density at radius 2 is 0.822 bits per heavy atom. The second-order valence-corrected chi connectivity index (χ2v) is 14.5. The zero-order chi connectivity index (χ0) is 31.6. The quantitative estimate of drug-likeness (QED) is 0.158. The van der Waals surface area contributed by atoms with Crippen LogP contribution in [0.25, 0.3) is 10.8 Å². The Kier molecular flexibility index (Phi) is 8.18. The Labute approximate surface area is 263 Å². The molecule has 0 radical (unpaired) electrons. The van der Waals surface area contributed by atoms with Gasteiger partial charge in [-0.15, -0.1) is 0 Å². The van der Waals surface area contributed by atoms with Gasteiger partial charge in [0.25, 0.3) is 0 Å². The molecule has 0 saturated carbocycles. The highest BCUT2D eigenvalue weighted by atomic mass is 32.2. The summed E-state index contributed by atoms with van der Waals surface area (Å²) in [6.45, 7) is 3.93. The van der Waals surface area contributed by atoms with E-state index < -0.39 is 19.7 Å². The van der Waals surface area contributed by atoms with Gasteiger partial charge in [-0.1, -0.05) is 61.0 Å². The minimum Gasteiger partial charge on any atom is -0.457 e. The van der Waals surface area contributed by atoms with E-state index in [0.717, 1.165) is 28.3 Å². The van der Waals surface area contributed by atoms with Crippen LogP contribution < -0.4 is 9.47 Å². The molecule has 0 heterocycles. The van der Waals surface area contributed by atoms with Crippen molar-refractivity contribution in [3.63, 3.8) is 0 Å². The summed E-state index contributed by atoms with van der Waals surface area (Å²) in [6.07, 6.45) is 0.836. The summed E-state index contributed by atoms with van der Waals surface area (Å²) in [6, 6.07) is 37.6. The average Bonchev–Trinajstić information content (AvgIpc) is 3.06. The molecule has 6 aromatic rings. The van der Waals surface area contributed by atoms with Crippen LogP contribution in [0.2, 0.25) is 0 Å². The molecule has 6 nitrogen and oxygen atoms in total. The maximum absolute atomic E-state index is 13.1. The number of benzene rings is 6. The van der Waals surface area contributed by atoms with Crippen LogP contribution in [0.15, 0.2) is 153 Å². The van der Waals surface area contributed by atoms with Crippen molar-refractivity contribution in [2.75, 3.05) is 0 Å². The molecule has 45 heavy (non-hydrogen) atoms. The van der Waals surface area contributed by atoms with Crippen LogP contribution in [-0.4, -0.2) is 16.8 Å². The van der Waals surface area contributed by atoms with Crippen molar-refractivity contribution in [3.8, 4) is 23.0 Å². The molecule has 0 spiro atoms. The summed E-state index contributed by atoms with van der Waals surface area (Å²) in [4.78, 5) is 0.852. The van der Waals surface area contributed by atoms with E-state index in [0.29, 0.717) is 23.0 Å². The monoisotopic (exact) mass is 634 g/mol. The average molecular weight is 635 g/mol. The molecule has 0 aliphatic rings. The van der Waals surface area contributed by atoms with Gasteiger partial charge >= 0.3 is 0 Å². The molecule has 0 aliphatic heterocycles. The lowest BCUT2D eigenvalue weighted by Gasteiger charge is -2.13. The smallest absolute Gasteiger partial charge is 0.206 e. The summed E-state index contributed by atoms with van der Waals surface area (Å²) >= 11 is 0. The number of ether oxygens (including phenoxy) is 2. The van der Waals surface area contributed by atoms with Gasteiger partial charge in [-0.05, 0) is 104 Å². The van der Waals surface area contributed by atoms with E-state index in [4.69, 9.17) is 9.47 Å². The van der Waals surface area contributed by atoms with E-state index in [2.05, 4.69) is 0 Å². The first-order valence-electron chi connectivity index (χ1n) is 14.4. The third-order valence-corrected chi connectivity index (χ3v) is 11.1. The molecule has 0 aromatic heterocycles. The summed E-state index contributed by atoms with van der Waals surface area (Å²) < 4.78 is 64.7. The Morgan fingerprint density at radius 3 is 1.20 bits per heavy atom. The van der Waals surface area contributed by atoms with Gasteiger partial charge in [0.1, 0.15) is 23.0 Å². The molecule has 8 heteroatoms. The minimum absolute atomic E-state index is 0.181. The molecule has 0 unspecified atom stereocenters. The lowest BCUT2D eigenvalue weighted by atomic mass is 10.1. The standard InChI is InChI=1S/C37H30O6S2/c1-3-27-12-20-31(21-13-27)45(40,41)33-24-16-29(17-25-33)43-37-9-5-6-34-35(37)7-4-8-36(34)42-28-14-22-32(23-15-28)44(38,39)30-18-10-26(2)11-19-30/h4-25H,3H2,1-2H3. The lowest BCUT2D eigenvalue weighted by molar-refractivity contribution is 0.482. The highest BCUT2D eigenvalue weighted by Crippen LogP contribution is 2.37. The van der Waals surface area contributed by atoms with Crippen molar-refractivity contribution in [2.45, 2.75) is 39.9 Å². The van der Waals surface area contributed by atoms with Gasteiger partial charge < -0.3 is 9.47 Å². The fourth-order valence-corrected chi connectivity index (χ4v) is 7.47. The molecule has 6 aromatic carbocycles. The predicted molar refractivity (Wildman–Crippen MR) is 175 cm³/mol. The van der Waals surface area contributed by atoms with Crippen molar-refractivity contribution in [1.82, 2.24) is 0 Å². The van der Waals surface area contributed by atoms with Crippen LogP contribution in [0, 0.1) is 6.92 Å². The fraction of sp³-hybridized carbons (Fsp3) is 0.0811. The van der Waals surface area contributed by atoms with E-state index in [1.807, 2.05) is 62.4 Å². The number of aryl methyl sites for hydroxylation is 2. The van der Waals surface area contributed by atoms with Crippen LogP contribution in [-0.2, 0) is 26.1 Å². The van der Waals surface area contributed by atoms with Crippen LogP contribution >= 0.6 is 0 Å². The topological polar surface area (TPSA) is 86.7 Å². The largest absolute Gasteiger partial charge is 0.457 e. The molecule has 0 aliphatic carbocycles. The Morgan fingerprint density at radius 1 is 0.467 bits per heavy atom. The normalized spacial score (nSPS) is 11.8. The van der Waals surface area contributed by atoms with E-state index >= 15 is 0 Å². The second kappa shape index (κ2) is 12.2. The predicted octanol–water partition coefficient (Wildman–Crippen LogP) is 8.96. The van der Waals surface area contributed by atoms with Gasteiger partial charge in [0.15, 0.2) is 0 Å². The molecule has 0 fully saturated rings. The molecular weight excluding hydrogens is 605 g/mol. The Hall–Kier alpha value is -4.92. The van der Waals surface area contributed by atoms with Crippen LogP contribution in [0.1, 0.15) is 18.1 Å². The zero-order valence-electron chi connectivity index (χ0n) is 24.7. The van der Waals surface area contributed by atoms with E-state index in [1.54, 1.807) is 72.8 Å². The summed E-state index contributed by atoms with van der Waals surface area (Å²) in [5, 5.41) is 1.59. The van der Waals surface area contributed by atoms with Gasteiger partial charge in [0, 0.05) is 10.8 Å². The fourth-order valence-electron chi connectivity index (χ4n) is 4.95. The molecule has 6 rings (SSSR count). The van der Waals surface area contributed by atoms with E-state index in [-0.39, 0.29) is 19.6 Å². The molecule has 0 N–H and O–H groups in total. The lowest BCUT2D eigenvalue weighted by Crippen LogP contribution is -2.02. The zero-order valence-corrected chi connectivity index (χ0v) is 26.3.